The number of carbonyl (C=O) groups excluding carboxylic acids is 1. The van der Waals surface area contributed by atoms with Gasteiger partial charge in [-0.3, -0.25) is 0 Å². The molecule has 1 aromatic carbocycles. The van der Waals surface area contributed by atoms with Crippen LogP contribution in [-0.4, -0.2) is 12.6 Å². The molecule has 21 heavy (non-hydrogen) atoms. The van der Waals surface area contributed by atoms with Gasteiger partial charge in [0.05, 0.1) is 5.69 Å². The molecule has 0 saturated heterocycles. The van der Waals surface area contributed by atoms with E-state index >= 15 is 0 Å². The zero-order chi connectivity index (χ0) is 15.4. The van der Waals surface area contributed by atoms with Crippen molar-refractivity contribution in [2.75, 3.05) is 11.9 Å². The van der Waals surface area contributed by atoms with Crippen LogP contribution in [0.2, 0.25) is 0 Å². The van der Waals surface area contributed by atoms with Gasteiger partial charge in [0.2, 0.25) is 0 Å². The van der Waals surface area contributed by atoms with Gasteiger partial charge in [-0.15, -0.1) is 11.3 Å². The van der Waals surface area contributed by atoms with Gasteiger partial charge in [0, 0.05) is 15.9 Å². The fourth-order valence-electron chi connectivity index (χ4n) is 1.88. The molecule has 6 heteroatoms. The van der Waals surface area contributed by atoms with Gasteiger partial charge < -0.3 is 10.6 Å². The molecule has 112 valence electrons. The lowest BCUT2D eigenvalue weighted by molar-refractivity contribution is 0.252. The van der Waals surface area contributed by atoms with Crippen LogP contribution in [-0.2, 0) is 6.42 Å². The molecule has 0 aliphatic rings. The van der Waals surface area contributed by atoms with E-state index in [1.54, 1.807) is 17.4 Å². The van der Waals surface area contributed by atoms with E-state index < -0.39 is 11.8 Å². The lowest BCUT2D eigenvalue weighted by atomic mass is 10.1. The Morgan fingerprint density at radius 1 is 1.38 bits per heavy atom. The number of thiophene rings is 1. The number of anilines is 1. The minimum atomic E-state index is -0.469. The SMILES string of the molecule is Cc1scc(CCNC(=O)Nc2ccc(Br)cc2F)c1C. The first kappa shape index (κ1) is 16.0. The zero-order valence-electron chi connectivity index (χ0n) is 11.8. The van der Waals surface area contributed by atoms with Crippen LogP contribution >= 0.6 is 27.3 Å². The zero-order valence-corrected chi connectivity index (χ0v) is 14.2. The van der Waals surface area contributed by atoms with Crippen molar-refractivity contribution in [2.45, 2.75) is 20.3 Å². The fourth-order valence-corrected chi connectivity index (χ4v) is 3.13. The van der Waals surface area contributed by atoms with E-state index in [-0.39, 0.29) is 5.69 Å². The van der Waals surface area contributed by atoms with Gasteiger partial charge in [-0.05, 0) is 55.0 Å². The maximum atomic E-state index is 13.6. The van der Waals surface area contributed by atoms with Crippen LogP contribution in [0.3, 0.4) is 0 Å². The Kier molecular flexibility index (Phi) is 5.36. The second-order valence-corrected chi connectivity index (χ2v) is 6.70. The number of carbonyl (C=O) groups is 1. The van der Waals surface area contributed by atoms with Crippen LogP contribution in [0.15, 0.2) is 28.1 Å². The highest BCUT2D eigenvalue weighted by molar-refractivity contribution is 9.10. The first-order valence-corrected chi connectivity index (χ1v) is 8.18. The van der Waals surface area contributed by atoms with Gasteiger partial charge in [0.25, 0.3) is 0 Å². The Morgan fingerprint density at radius 3 is 2.76 bits per heavy atom. The average Bonchev–Trinajstić information content (AvgIpc) is 2.74. The molecule has 0 unspecified atom stereocenters. The van der Waals surface area contributed by atoms with Crippen LogP contribution in [0.1, 0.15) is 16.0 Å². The van der Waals surface area contributed by atoms with E-state index in [0.29, 0.717) is 11.0 Å². The Labute approximate surface area is 135 Å². The Hall–Kier alpha value is -1.40. The summed E-state index contributed by atoms with van der Waals surface area (Å²) in [6, 6.07) is 4.11. The fraction of sp³-hybridized carbons (Fsp3) is 0.267. The van der Waals surface area contributed by atoms with Crippen LogP contribution < -0.4 is 10.6 Å². The summed E-state index contributed by atoms with van der Waals surface area (Å²) in [5.41, 5.74) is 2.69. The molecule has 0 aliphatic heterocycles. The molecule has 0 radical (unpaired) electrons. The van der Waals surface area contributed by atoms with Crippen molar-refractivity contribution >= 4 is 39.0 Å². The summed E-state index contributed by atoms with van der Waals surface area (Å²) in [7, 11) is 0. The van der Waals surface area contributed by atoms with Crippen molar-refractivity contribution in [3.05, 3.63) is 49.9 Å². The molecule has 3 nitrogen and oxygen atoms in total. The predicted octanol–water partition coefficient (Wildman–Crippen LogP) is 4.63. The topological polar surface area (TPSA) is 41.1 Å². The maximum absolute atomic E-state index is 13.6. The summed E-state index contributed by atoms with van der Waals surface area (Å²) < 4.78 is 14.2. The summed E-state index contributed by atoms with van der Waals surface area (Å²) in [6.07, 6.45) is 0.770. The summed E-state index contributed by atoms with van der Waals surface area (Å²) in [5, 5.41) is 7.34. The molecule has 2 aromatic rings. The van der Waals surface area contributed by atoms with Gasteiger partial charge in [-0.25, -0.2) is 9.18 Å². The number of benzene rings is 1. The summed E-state index contributed by atoms with van der Waals surface area (Å²) in [6.45, 7) is 4.68. The van der Waals surface area contributed by atoms with Crippen molar-refractivity contribution in [1.29, 1.82) is 0 Å². The number of halogens is 2. The largest absolute Gasteiger partial charge is 0.338 e. The number of amides is 2. The molecule has 1 aromatic heterocycles. The van der Waals surface area contributed by atoms with Gasteiger partial charge >= 0.3 is 6.03 Å². The number of hydrogen-bond donors (Lipinski definition) is 2. The van der Waals surface area contributed by atoms with Gasteiger partial charge in [-0.1, -0.05) is 15.9 Å². The molecule has 0 spiro atoms. The smallest absolute Gasteiger partial charge is 0.319 e. The van der Waals surface area contributed by atoms with Crippen LogP contribution in [0.25, 0.3) is 0 Å². The number of nitrogens with one attached hydrogen (secondary N) is 2. The molecule has 2 rings (SSSR count). The van der Waals surface area contributed by atoms with Gasteiger partial charge in [0.1, 0.15) is 5.82 Å². The highest BCUT2D eigenvalue weighted by Crippen LogP contribution is 2.21. The van der Waals surface area contributed by atoms with Crippen molar-refractivity contribution < 1.29 is 9.18 Å². The molecular weight excluding hydrogens is 355 g/mol. The number of urea groups is 1. The second kappa shape index (κ2) is 7.04. The van der Waals surface area contributed by atoms with Crippen LogP contribution in [0.4, 0.5) is 14.9 Å². The third-order valence-corrected chi connectivity index (χ3v) is 4.80. The minimum absolute atomic E-state index is 0.165. The summed E-state index contributed by atoms with van der Waals surface area (Å²) in [4.78, 5) is 13.0. The molecule has 2 N–H and O–H groups in total. The molecule has 0 fully saturated rings. The summed E-state index contributed by atoms with van der Waals surface area (Å²) in [5.74, 6) is -0.469. The van der Waals surface area contributed by atoms with Crippen molar-refractivity contribution in [3.63, 3.8) is 0 Å². The quantitative estimate of drug-likeness (QED) is 0.808. The van der Waals surface area contributed by atoms with E-state index in [9.17, 15) is 9.18 Å². The van der Waals surface area contributed by atoms with E-state index in [4.69, 9.17) is 0 Å². The second-order valence-electron chi connectivity index (χ2n) is 4.70. The molecular formula is C15H16BrFN2OS. The van der Waals surface area contributed by atoms with E-state index in [0.717, 1.165) is 6.42 Å². The first-order chi connectivity index (χ1) is 9.97. The van der Waals surface area contributed by atoms with Crippen LogP contribution in [0, 0.1) is 19.7 Å². The van der Waals surface area contributed by atoms with Crippen LogP contribution in [0.5, 0.6) is 0 Å². The monoisotopic (exact) mass is 370 g/mol. The Bertz CT molecular complexity index is 657. The molecule has 1 heterocycles. The highest BCUT2D eigenvalue weighted by Gasteiger charge is 2.08. The van der Waals surface area contributed by atoms with E-state index in [1.807, 2.05) is 0 Å². The minimum Gasteiger partial charge on any atom is -0.338 e. The maximum Gasteiger partial charge on any atom is 0.319 e. The average molecular weight is 371 g/mol. The normalized spacial score (nSPS) is 10.5. The van der Waals surface area contributed by atoms with Crippen molar-refractivity contribution in [2.24, 2.45) is 0 Å². The predicted molar refractivity (Wildman–Crippen MR) is 88.6 cm³/mol. The van der Waals surface area contributed by atoms with Gasteiger partial charge in [0.15, 0.2) is 0 Å². The Balaban J connectivity index is 1.84. The number of rotatable bonds is 4. The number of aryl methyl sites for hydroxylation is 1. The number of hydrogen-bond acceptors (Lipinski definition) is 2. The summed E-state index contributed by atoms with van der Waals surface area (Å²) >= 11 is 4.89. The molecule has 0 aliphatic carbocycles. The van der Waals surface area contributed by atoms with Crippen molar-refractivity contribution in [3.8, 4) is 0 Å². The van der Waals surface area contributed by atoms with Crippen molar-refractivity contribution in [1.82, 2.24) is 5.32 Å². The molecule has 0 atom stereocenters. The highest BCUT2D eigenvalue weighted by atomic mass is 79.9. The third-order valence-electron chi connectivity index (χ3n) is 3.25. The van der Waals surface area contributed by atoms with E-state index in [2.05, 4.69) is 45.8 Å². The Morgan fingerprint density at radius 2 is 2.14 bits per heavy atom. The third kappa shape index (κ3) is 4.28. The molecule has 2 amide bonds. The molecule has 0 saturated carbocycles. The van der Waals surface area contributed by atoms with E-state index in [1.165, 1.54) is 28.1 Å². The van der Waals surface area contributed by atoms with Gasteiger partial charge in [-0.2, -0.15) is 0 Å². The standard InChI is InChI=1S/C15H16BrFN2OS/c1-9-10(2)21-8-11(9)5-6-18-15(20)19-14-4-3-12(16)7-13(14)17/h3-4,7-8H,5-6H2,1-2H3,(H2,18,19,20). The molecule has 0 bridgehead atoms. The lowest BCUT2D eigenvalue weighted by Gasteiger charge is -2.08. The first-order valence-electron chi connectivity index (χ1n) is 6.51. The lowest BCUT2D eigenvalue weighted by Crippen LogP contribution is -2.30.